The van der Waals surface area contributed by atoms with E-state index in [1.807, 2.05) is 12.1 Å². The molecule has 1 aliphatic heterocycles. The van der Waals surface area contributed by atoms with Gasteiger partial charge in [-0.25, -0.2) is 0 Å². The molecule has 4 heteroatoms. The summed E-state index contributed by atoms with van der Waals surface area (Å²) in [6.07, 6.45) is 0. The Kier molecular flexibility index (Phi) is 4.16. The van der Waals surface area contributed by atoms with Gasteiger partial charge in [0.2, 0.25) is 0 Å². The molecule has 1 aliphatic rings. The van der Waals surface area contributed by atoms with Gasteiger partial charge in [-0.1, -0.05) is 78.4 Å². The van der Waals surface area contributed by atoms with Crippen molar-refractivity contribution in [2.45, 2.75) is 20.8 Å². The third-order valence-corrected chi connectivity index (χ3v) is 8.51. The standard InChI is InChI=1S/C34H24BN3/c1-20-14-16-24-27-17-15-21(2)31-34(27)37(30(24)18-20)29-13-5-4-12-28(29)35(31)38-32-22(3)8-6-10-25(32)26-11-7-9-23(19-36)33(26)38/h4-18H,1-3H3. The summed E-state index contributed by atoms with van der Waals surface area (Å²) in [6.45, 7) is 6.52. The fraction of sp³-hybridized carbons (Fsp3) is 0.0882. The summed E-state index contributed by atoms with van der Waals surface area (Å²) in [7, 11) is 0. The van der Waals surface area contributed by atoms with Crippen molar-refractivity contribution in [2.24, 2.45) is 0 Å². The SMILES string of the molecule is Cc1ccc2c3ccc(C)c4c3n(c2c1)-c1ccccc1B4n1c2c(C)cccc2c2cccc(C#N)c21. The van der Waals surface area contributed by atoms with Crippen LogP contribution in [0.5, 0.6) is 0 Å². The topological polar surface area (TPSA) is 33.6 Å². The van der Waals surface area contributed by atoms with E-state index in [0.29, 0.717) is 5.56 Å². The maximum Gasteiger partial charge on any atom is 0.332 e. The van der Waals surface area contributed by atoms with Crippen LogP contribution in [0.25, 0.3) is 49.3 Å². The average Bonchev–Trinajstić information content (AvgIpc) is 3.44. The molecule has 3 heterocycles. The zero-order valence-electron chi connectivity index (χ0n) is 21.6. The molecule has 2 aromatic heterocycles. The second-order valence-electron chi connectivity index (χ2n) is 10.7. The molecule has 7 aromatic rings. The smallest absolute Gasteiger partial charge is 0.332 e. The summed E-state index contributed by atoms with van der Waals surface area (Å²) < 4.78 is 4.93. The van der Waals surface area contributed by atoms with E-state index in [2.05, 4.69) is 115 Å². The highest BCUT2D eigenvalue weighted by Gasteiger charge is 2.37. The number of hydrogen-bond acceptors (Lipinski definition) is 1. The van der Waals surface area contributed by atoms with Gasteiger partial charge in [-0.05, 0) is 61.0 Å². The summed E-state index contributed by atoms with van der Waals surface area (Å²) in [4.78, 5) is 0. The van der Waals surface area contributed by atoms with Gasteiger partial charge in [-0.2, -0.15) is 5.26 Å². The van der Waals surface area contributed by atoms with Crippen molar-refractivity contribution < 1.29 is 0 Å². The average molecular weight is 485 g/mol. The molecule has 3 nitrogen and oxygen atoms in total. The second-order valence-corrected chi connectivity index (χ2v) is 10.7. The molecule has 0 fully saturated rings. The van der Waals surface area contributed by atoms with Crippen LogP contribution in [-0.4, -0.2) is 15.9 Å². The lowest BCUT2D eigenvalue weighted by Crippen LogP contribution is -2.54. The first-order chi connectivity index (χ1) is 18.6. The summed E-state index contributed by atoms with van der Waals surface area (Å²) in [5.74, 6) is 0. The number of rotatable bonds is 1. The van der Waals surface area contributed by atoms with Crippen LogP contribution < -0.4 is 10.9 Å². The molecule has 0 unspecified atom stereocenters. The van der Waals surface area contributed by atoms with Gasteiger partial charge in [-0.15, -0.1) is 0 Å². The molecule has 0 atom stereocenters. The van der Waals surface area contributed by atoms with Crippen LogP contribution in [0.3, 0.4) is 0 Å². The van der Waals surface area contributed by atoms with E-state index in [9.17, 15) is 5.26 Å². The number of nitrogens with zero attached hydrogens (tertiary/aromatic N) is 3. The number of aromatic nitrogens is 2. The lowest BCUT2D eigenvalue weighted by Gasteiger charge is -2.30. The van der Waals surface area contributed by atoms with Crippen molar-refractivity contribution >= 4 is 61.4 Å². The van der Waals surface area contributed by atoms with Gasteiger partial charge < -0.3 is 9.05 Å². The normalized spacial score (nSPS) is 12.5. The highest BCUT2D eigenvalue weighted by Crippen LogP contribution is 2.38. The van der Waals surface area contributed by atoms with Crippen LogP contribution in [0.2, 0.25) is 0 Å². The Morgan fingerprint density at radius 3 is 2.24 bits per heavy atom. The van der Waals surface area contributed by atoms with Crippen molar-refractivity contribution in [3.63, 3.8) is 0 Å². The van der Waals surface area contributed by atoms with Crippen LogP contribution in [0.15, 0.2) is 91.0 Å². The first-order valence-electron chi connectivity index (χ1n) is 13.1. The van der Waals surface area contributed by atoms with Crippen molar-refractivity contribution in [1.29, 1.82) is 5.26 Å². The largest absolute Gasteiger partial charge is 0.375 e. The van der Waals surface area contributed by atoms with E-state index >= 15 is 0 Å². The van der Waals surface area contributed by atoms with Crippen LogP contribution >= 0.6 is 0 Å². The van der Waals surface area contributed by atoms with Gasteiger partial charge in [0.15, 0.2) is 0 Å². The number of benzene rings is 5. The third-order valence-electron chi connectivity index (χ3n) is 8.51. The van der Waals surface area contributed by atoms with Gasteiger partial charge in [-0.3, -0.25) is 0 Å². The van der Waals surface area contributed by atoms with Crippen LogP contribution in [0, 0.1) is 32.1 Å². The van der Waals surface area contributed by atoms with Gasteiger partial charge in [0.25, 0.3) is 0 Å². The Balaban J connectivity index is 1.66. The Labute approximate surface area is 221 Å². The number of hydrogen-bond donors (Lipinski definition) is 0. The Hall–Kier alpha value is -4.75. The second kappa shape index (κ2) is 7.40. The number of fused-ring (bicyclic) bond motifs is 8. The quantitative estimate of drug-likeness (QED) is 0.240. The molecule has 0 saturated heterocycles. The molecular weight excluding hydrogens is 461 g/mol. The summed E-state index contributed by atoms with van der Waals surface area (Å²) in [5, 5.41) is 15.1. The molecule has 5 aromatic carbocycles. The van der Waals surface area contributed by atoms with Crippen molar-refractivity contribution in [2.75, 3.05) is 0 Å². The predicted molar refractivity (Wildman–Crippen MR) is 160 cm³/mol. The number of para-hydroxylation sites is 3. The molecule has 0 spiro atoms. The fourth-order valence-corrected chi connectivity index (χ4v) is 6.96. The molecule has 8 rings (SSSR count). The fourth-order valence-electron chi connectivity index (χ4n) is 6.96. The van der Waals surface area contributed by atoms with E-state index in [0.717, 1.165) is 10.9 Å². The molecular formula is C34H24BN3. The Bertz CT molecular complexity index is 2190. The number of aryl methyl sites for hydroxylation is 3. The summed E-state index contributed by atoms with van der Waals surface area (Å²) in [5.41, 5.74) is 12.9. The molecule has 0 aliphatic carbocycles. The van der Waals surface area contributed by atoms with E-state index in [1.165, 1.54) is 66.0 Å². The van der Waals surface area contributed by atoms with Crippen LogP contribution in [0.1, 0.15) is 22.3 Å². The van der Waals surface area contributed by atoms with Gasteiger partial charge in [0.1, 0.15) is 6.07 Å². The molecule has 0 saturated carbocycles. The van der Waals surface area contributed by atoms with Gasteiger partial charge in [0, 0.05) is 32.7 Å². The van der Waals surface area contributed by atoms with Crippen molar-refractivity contribution in [1.82, 2.24) is 9.05 Å². The first kappa shape index (κ1) is 21.4. The highest BCUT2D eigenvalue weighted by atomic mass is 15.0. The molecule has 0 amide bonds. The minimum absolute atomic E-state index is 0.0663. The van der Waals surface area contributed by atoms with E-state index in [1.54, 1.807) is 0 Å². The third kappa shape index (κ3) is 2.53. The van der Waals surface area contributed by atoms with Crippen molar-refractivity contribution in [3.8, 4) is 11.8 Å². The monoisotopic (exact) mass is 485 g/mol. The van der Waals surface area contributed by atoms with Crippen LogP contribution in [0.4, 0.5) is 0 Å². The predicted octanol–water partition coefficient (Wildman–Crippen LogP) is 6.66. The Morgan fingerprint density at radius 1 is 0.658 bits per heavy atom. The first-order valence-corrected chi connectivity index (χ1v) is 13.1. The van der Waals surface area contributed by atoms with Gasteiger partial charge in [0.05, 0.1) is 22.1 Å². The van der Waals surface area contributed by atoms with E-state index in [-0.39, 0.29) is 6.85 Å². The molecule has 0 bridgehead atoms. The zero-order valence-corrected chi connectivity index (χ0v) is 21.6. The number of nitriles is 1. The highest BCUT2D eigenvalue weighted by molar-refractivity contribution is 6.88. The van der Waals surface area contributed by atoms with Crippen LogP contribution in [-0.2, 0) is 0 Å². The minimum atomic E-state index is -0.0663. The maximum absolute atomic E-state index is 10.3. The zero-order chi connectivity index (χ0) is 25.7. The lowest BCUT2D eigenvalue weighted by molar-refractivity contribution is 1.17. The van der Waals surface area contributed by atoms with Gasteiger partial charge >= 0.3 is 6.85 Å². The summed E-state index contributed by atoms with van der Waals surface area (Å²) >= 11 is 0. The van der Waals surface area contributed by atoms with Crippen molar-refractivity contribution in [3.05, 3.63) is 113 Å². The summed E-state index contributed by atoms with van der Waals surface area (Å²) in [6, 6.07) is 35.3. The molecule has 0 radical (unpaired) electrons. The van der Waals surface area contributed by atoms with E-state index in [4.69, 9.17) is 0 Å². The molecule has 0 N–H and O–H groups in total. The minimum Gasteiger partial charge on any atom is -0.375 e. The molecule has 178 valence electrons. The molecule has 38 heavy (non-hydrogen) atoms. The Morgan fingerprint density at radius 2 is 1.39 bits per heavy atom. The van der Waals surface area contributed by atoms with E-state index < -0.39 is 0 Å². The lowest BCUT2D eigenvalue weighted by atomic mass is 9.47. The maximum atomic E-state index is 10.3.